The summed E-state index contributed by atoms with van der Waals surface area (Å²) in [6.45, 7) is 1.42. The number of carboxylic acids is 1. The smallest absolute Gasteiger partial charge is 0.303 e. The largest absolute Gasteiger partial charge is 0.481 e. The molecular formula is C12H16FNO2. The molecule has 1 aromatic rings. The molecule has 0 bridgehead atoms. The Morgan fingerprint density at radius 1 is 1.38 bits per heavy atom. The van der Waals surface area contributed by atoms with Crippen LogP contribution in [0.15, 0.2) is 24.3 Å². The maximum absolute atomic E-state index is 12.8. The van der Waals surface area contributed by atoms with Crippen molar-refractivity contribution in [3.63, 3.8) is 0 Å². The van der Waals surface area contributed by atoms with Gasteiger partial charge in [0.1, 0.15) is 5.82 Å². The van der Waals surface area contributed by atoms with E-state index in [0.29, 0.717) is 13.0 Å². The van der Waals surface area contributed by atoms with Crippen molar-refractivity contribution in [2.75, 3.05) is 13.1 Å². The van der Waals surface area contributed by atoms with Crippen molar-refractivity contribution in [2.24, 2.45) is 0 Å². The van der Waals surface area contributed by atoms with Crippen molar-refractivity contribution in [1.82, 2.24) is 5.32 Å². The van der Waals surface area contributed by atoms with Gasteiger partial charge in [0.25, 0.3) is 0 Å². The lowest BCUT2D eigenvalue weighted by Gasteiger charge is -2.03. The summed E-state index contributed by atoms with van der Waals surface area (Å²) in [6, 6.07) is 6.50. The molecule has 16 heavy (non-hydrogen) atoms. The van der Waals surface area contributed by atoms with Gasteiger partial charge in [-0.3, -0.25) is 4.79 Å². The summed E-state index contributed by atoms with van der Waals surface area (Å²) in [6.07, 6.45) is 1.57. The molecule has 0 unspecified atom stereocenters. The Balaban J connectivity index is 2.09. The first-order valence-corrected chi connectivity index (χ1v) is 5.35. The van der Waals surface area contributed by atoms with Crippen LogP contribution < -0.4 is 5.32 Å². The zero-order valence-electron chi connectivity index (χ0n) is 9.08. The molecule has 0 fully saturated rings. The summed E-state index contributed by atoms with van der Waals surface area (Å²) in [5.41, 5.74) is 0.950. The fourth-order valence-corrected chi connectivity index (χ4v) is 1.41. The second-order valence-electron chi connectivity index (χ2n) is 3.63. The number of hydrogen-bond acceptors (Lipinski definition) is 2. The van der Waals surface area contributed by atoms with Crippen LogP contribution in [0.4, 0.5) is 4.39 Å². The van der Waals surface area contributed by atoms with Crippen LogP contribution in [0.2, 0.25) is 0 Å². The van der Waals surface area contributed by atoms with Crippen LogP contribution in [0, 0.1) is 5.82 Å². The third-order valence-electron chi connectivity index (χ3n) is 2.22. The number of rotatable bonds is 7. The van der Waals surface area contributed by atoms with Gasteiger partial charge in [-0.1, -0.05) is 12.1 Å². The molecule has 0 aliphatic carbocycles. The van der Waals surface area contributed by atoms with E-state index in [1.807, 2.05) is 6.07 Å². The zero-order valence-corrected chi connectivity index (χ0v) is 9.08. The van der Waals surface area contributed by atoms with E-state index in [9.17, 15) is 9.18 Å². The third-order valence-corrected chi connectivity index (χ3v) is 2.22. The summed E-state index contributed by atoms with van der Waals surface area (Å²) in [7, 11) is 0. The highest BCUT2D eigenvalue weighted by molar-refractivity contribution is 5.66. The van der Waals surface area contributed by atoms with E-state index in [2.05, 4.69) is 5.32 Å². The Kier molecular flexibility index (Phi) is 5.50. The summed E-state index contributed by atoms with van der Waals surface area (Å²) < 4.78 is 12.8. The monoisotopic (exact) mass is 225 g/mol. The van der Waals surface area contributed by atoms with Crippen LogP contribution in [-0.4, -0.2) is 24.2 Å². The van der Waals surface area contributed by atoms with Gasteiger partial charge in [-0.25, -0.2) is 4.39 Å². The summed E-state index contributed by atoms with van der Waals surface area (Å²) in [5, 5.41) is 11.5. The van der Waals surface area contributed by atoms with E-state index in [-0.39, 0.29) is 12.2 Å². The Bertz CT molecular complexity index is 342. The molecule has 0 atom stereocenters. The van der Waals surface area contributed by atoms with Gasteiger partial charge in [-0.2, -0.15) is 0 Å². The molecule has 4 heteroatoms. The lowest BCUT2D eigenvalue weighted by molar-refractivity contribution is -0.137. The van der Waals surface area contributed by atoms with Gasteiger partial charge in [0.05, 0.1) is 0 Å². The third kappa shape index (κ3) is 5.46. The predicted octanol–water partition coefficient (Wildman–Crippen LogP) is 1.82. The van der Waals surface area contributed by atoms with Gasteiger partial charge < -0.3 is 10.4 Å². The second kappa shape index (κ2) is 6.95. The van der Waals surface area contributed by atoms with Crippen LogP contribution >= 0.6 is 0 Å². The number of nitrogens with one attached hydrogen (secondary N) is 1. The number of hydrogen-bond donors (Lipinski definition) is 2. The number of benzene rings is 1. The predicted molar refractivity (Wildman–Crippen MR) is 59.8 cm³/mol. The van der Waals surface area contributed by atoms with Crippen molar-refractivity contribution in [2.45, 2.75) is 19.3 Å². The van der Waals surface area contributed by atoms with Gasteiger partial charge in [0, 0.05) is 6.42 Å². The average Bonchev–Trinajstić information content (AvgIpc) is 2.23. The molecule has 0 aliphatic heterocycles. The Labute approximate surface area is 94.3 Å². The molecule has 0 aliphatic rings. The minimum atomic E-state index is -0.771. The van der Waals surface area contributed by atoms with E-state index in [1.54, 1.807) is 6.07 Å². The summed E-state index contributed by atoms with van der Waals surface area (Å²) in [4.78, 5) is 10.2. The molecule has 0 amide bonds. The Morgan fingerprint density at radius 2 is 2.19 bits per heavy atom. The molecule has 0 heterocycles. The van der Waals surface area contributed by atoms with Crippen molar-refractivity contribution in [3.8, 4) is 0 Å². The highest BCUT2D eigenvalue weighted by Crippen LogP contribution is 2.03. The van der Waals surface area contributed by atoms with Crippen molar-refractivity contribution in [1.29, 1.82) is 0 Å². The topological polar surface area (TPSA) is 49.3 Å². The van der Waals surface area contributed by atoms with E-state index < -0.39 is 5.97 Å². The minimum Gasteiger partial charge on any atom is -0.481 e. The molecule has 0 aromatic heterocycles. The van der Waals surface area contributed by atoms with E-state index in [0.717, 1.165) is 18.5 Å². The average molecular weight is 225 g/mol. The number of carbonyl (C=O) groups is 1. The number of aliphatic carboxylic acids is 1. The number of halogens is 1. The first kappa shape index (κ1) is 12.6. The molecule has 2 N–H and O–H groups in total. The fraction of sp³-hybridized carbons (Fsp3) is 0.417. The maximum Gasteiger partial charge on any atom is 0.303 e. The van der Waals surface area contributed by atoms with Crippen molar-refractivity contribution >= 4 is 5.97 Å². The quantitative estimate of drug-likeness (QED) is 0.696. The molecule has 1 aromatic carbocycles. The SMILES string of the molecule is O=C(O)CCCNCCc1cccc(F)c1. The lowest BCUT2D eigenvalue weighted by atomic mass is 10.1. The highest BCUT2D eigenvalue weighted by Gasteiger charge is 1.97. The molecular weight excluding hydrogens is 209 g/mol. The summed E-state index contributed by atoms with van der Waals surface area (Å²) >= 11 is 0. The van der Waals surface area contributed by atoms with Crippen LogP contribution in [-0.2, 0) is 11.2 Å². The summed E-state index contributed by atoms with van der Waals surface area (Å²) in [5.74, 6) is -0.990. The maximum atomic E-state index is 12.8. The van der Waals surface area contributed by atoms with Gasteiger partial charge in [0.15, 0.2) is 0 Å². The van der Waals surface area contributed by atoms with E-state index in [4.69, 9.17) is 5.11 Å². The zero-order chi connectivity index (χ0) is 11.8. The lowest BCUT2D eigenvalue weighted by Crippen LogP contribution is -2.19. The second-order valence-corrected chi connectivity index (χ2v) is 3.63. The van der Waals surface area contributed by atoms with Crippen LogP contribution in [0.25, 0.3) is 0 Å². The first-order valence-electron chi connectivity index (χ1n) is 5.35. The Morgan fingerprint density at radius 3 is 2.88 bits per heavy atom. The van der Waals surface area contributed by atoms with Gasteiger partial charge in [-0.15, -0.1) is 0 Å². The highest BCUT2D eigenvalue weighted by atomic mass is 19.1. The van der Waals surface area contributed by atoms with Gasteiger partial charge in [0.2, 0.25) is 0 Å². The molecule has 1 rings (SSSR count). The molecule has 3 nitrogen and oxygen atoms in total. The molecule has 0 saturated heterocycles. The molecule has 0 radical (unpaired) electrons. The van der Waals surface area contributed by atoms with Crippen molar-refractivity contribution in [3.05, 3.63) is 35.6 Å². The number of carboxylic acid groups (broad SMARTS) is 1. The standard InChI is InChI=1S/C12H16FNO2/c13-11-4-1-3-10(9-11)6-8-14-7-2-5-12(15)16/h1,3-4,9,14H,2,5-8H2,(H,15,16). The van der Waals surface area contributed by atoms with Crippen molar-refractivity contribution < 1.29 is 14.3 Å². The molecule has 0 spiro atoms. The normalized spacial score (nSPS) is 10.3. The molecule has 88 valence electrons. The van der Waals surface area contributed by atoms with E-state index >= 15 is 0 Å². The first-order chi connectivity index (χ1) is 7.68. The van der Waals surface area contributed by atoms with Crippen LogP contribution in [0.3, 0.4) is 0 Å². The van der Waals surface area contributed by atoms with Gasteiger partial charge >= 0.3 is 5.97 Å². The van der Waals surface area contributed by atoms with Gasteiger partial charge in [-0.05, 0) is 43.6 Å². The minimum absolute atomic E-state index is 0.187. The Hall–Kier alpha value is -1.42. The van der Waals surface area contributed by atoms with Crippen LogP contribution in [0.5, 0.6) is 0 Å². The van der Waals surface area contributed by atoms with E-state index in [1.165, 1.54) is 12.1 Å². The van der Waals surface area contributed by atoms with Crippen LogP contribution in [0.1, 0.15) is 18.4 Å². The fourth-order valence-electron chi connectivity index (χ4n) is 1.41. The molecule has 0 saturated carbocycles.